The lowest BCUT2D eigenvalue weighted by atomic mass is 10.1. The zero-order valence-electron chi connectivity index (χ0n) is 13.6. The summed E-state index contributed by atoms with van der Waals surface area (Å²) >= 11 is 3.31. The van der Waals surface area contributed by atoms with Gasteiger partial charge in [0, 0.05) is 12.5 Å². The highest BCUT2D eigenvalue weighted by molar-refractivity contribution is 9.10. The summed E-state index contributed by atoms with van der Waals surface area (Å²) in [6.45, 7) is 3.52. The summed E-state index contributed by atoms with van der Waals surface area (Å²) in [5, 5.41) is 0. The van der Waals surface area contributed by atoms with E-state index < -0.39 is 15.8 Å². The number of esters is 1. The van der Waals surface area contributed by atoms with E-state index in [1.165, 1.54) is 13.3 Å². The molecule has 0 radical (unpaired) electrons. The molecule has 0 aliphatic heterocycles. The zero-order valence-corrected chi connectivity index (χ0v) is 16.0. The largest absolute Gasteiger partial charge is 0.465 e. The Bertz CT molecular complexity index is 886. The van der Waals surface area contributed by atoms with Gasteiger partial charge in [0.1, 0.15) is 5.75 Å². The fourth-order valence-corrected chi connectivity index (χ4v) is 3.32. The number of nitrogens with zero attached hydrogens (tertiary/aromatic N) is 1. The lowest BCUT2D eigenvalue weighted by Crippen LogP contribution is -2.03. The van der Waals surface area contributed by atoms with Crippen LogP contribution >= 0.6 is 15.9 Å². The second kappa shape index (κ2) is 6.90. The third kappa shape index (κ3) is 3.93. The third-order valence-electron chi connectivity index (χ3n) is 3.29. The van der Waals surface area contributed by atoms with Crippen LogP contribution in [0.5, 0.6) is 11.6 Å². The first-order valence-electron chi connectivity index (χ1n) is 6.86. The average molecular weight is 414 g/mol. The highest BCUT2D eigenvalue weighted by atomic mass is 79.9. The number of rotatable bonds is 4. The molecule has 0 spiro atoms. The van der Waals surface area contributed by atoms with E-state index in [9.17, 15) is 13.2 Å². The Morgan fingerprint density at radius 1 is 1.17 bits per heavy atom. The van der Waals surface area contributed by atoms with Gasteiger partial charge in [0.05, 0.1) is 22.0 Å². The van der Waals surface area contributed by atoms with E-state index in [0.717, 1.165) is 6.26 Å². The molecule has 0 aliphatic carbocycles. The van der Waals surface area contributed by atoms with E-state index in [0.29, 0.717) is 21.3 Å². The number of hydrogen-bond donors (Lipinski definition) is 0. The molecule has 1 aromatic carbocycles. The van der Waals surface area contributed by atoms with Gasteiger partial charge in [0.25, 0.3) is 0 Å². The monoisotopic (exact) mass is 413 g/mol. The van der Waals surface area contributed by atoms with Gasteiger partial charge in [-0.15, -0.1) is 0 Å². The molecule has 1 heterocycles. The summed E-state index contributed by atoms with van der Waals surface area (Å²) in [6, 6.07) is 4.65. The van der Waals surface area contributed by atoms with Gasteiger partial charge in [0.15, 0.2) is 9.84 Å². The van der Waals surface area contributed by atoms with Gasteiger partial charge in [-0.2, -0.15) is 0 Å². The smallest absolute Gasteiger partial charge is 0.339 e. The maximum atomic E-state index is 11.7. The highest BCUT2D eigenvalue weighted by Gasteiger charge is 2.16. The summed E-state index contributed by atoms with van der Waals surface area (Å²) in [7, 11) is -2.01. The van der Waals surface area contributed by atoms with Crippen LogP contribution < -0.4 is 4.74 Å². The Morgan fingerprint density at radius 2 is 1.75 bits per heavy atom. The van der Waals surface area contributed by atoms with E-state index >= 15 is 0 Å². The number of methoxy groups -OCH3 is 1. The molecule has 0 amide bonds. The quantitative estimate of drug-likeness (QED) is 0.713. The van der Waals surface area contributed by atoms with Gasteiger partial charge in [-0.1, -0.05) is 0 Å². The molecule has 0 bridgehead atoms. The third-order valence-corrected chi connectivity index (χ3v) is 4.95. The van der Waals surface area contributed by atoms with Gasteiger partial charge in [-0.05, 0) is 59.1 Å². The number of hydrogen-bond acceptors (Lipinski definition) is 6. The SMILES string of the molecule is COC(=O)c1cnc(Oc2c(C)cc(S(C)(=O)=O)cc2C)c(Br)c1. The molecule has 2 rings (SSSR count). The average Bonchev–Trinajstić information content (AvgIpc) is 2.50. The van der Waals surface area contributed by atoms with Crippen LogP contribution in [0.25, 0.3) is 0 Å². The normalized spacial score (nSPS) is 11.2. The van der Waals surface area contributed by atoms with Crippen molar-refractivity contribution in [2.45, 2.75) is 18.7 Å². The number of ether oxygens (including phenoxy) is 2. The number of aromatic nitrogens is 1. The van der Waals surface area contributed by atoms with Crippen molar-refractivity contribution in [2.75, 3.05) is 13.4 Å². The summed E-state index contributed by atoms with van der Waals surface area (Å²) in [5.74, 6) is 0.280. The molecule has 0 saturated carbocycles. The molecular formula is C16H16BrNO5S. The van der Waals surface area contributed by atoms with E-state index in [2.05, 4.69) is 25.7 Å². The Hall–Kier alpha value is -1.93. The molecule has 0 atom stereocenters. The standard InChI is InChI=1S/C16H16BrNO5S/c1-9-5-12(24(4,20)21)6-10(2)14(9)23-15-13(17)7-11(8-18-15)16(19)22-3/h5-8H,1-4H3. The second-order valence-electron chi connectivity index (χ2n) is 5.26. The number of halogens is 1. The van der Waals surface area contributed by atoms with Crippen molar-refractivity contribution in [3.8, 4) is 11.6 Å². The molecule has 0 aliphatic rings. The molecule has 2 aromatic rings. The molecule has 8 heteroatoms. The maximum absolute atomic E-state index is 11.7. The first-order chi connectivity index (χ1) is 11.1. The fraction of sp³-hybridized carbons (Fsp3) is 0.250. The van der Waals surface area contributed by atoms with Gasteiger partial charge in [-0.3, -0.25) is 0 Å². The summed E-state index contributed by atoms with van der Waals surface area (Å²) in [6.07, 6.45) is 2.51. The highest BCUT2D eigenvalue weighted by Crippen LogP contribution is 2.33. The second-order valence-corrected chi connectivity index (χ2v) is 8.13. The van der Waals surface area contributed by atoms with Crippen LogP contribution in [0.4, 0.5) is 0 Å². The number of carbonyl (C=O) groups is 1. The van der Waals surface area contributed by atoms with Crippen LogP contribution in [0, 0.1) is 13.8 Å². The van der Waals surface area contributed by atoms with Crippen LogP contribution in [0.3, 0.4) is 0 Å². The van der Waals surface area contributed by atoms with Crippen LogP contribution in [-0.2, 0) is 14.6 Å². The van der Waals surface area contributed by atoms with Crippen molar-refractivity contribution >= 4 is 31.7 Å². The minimum Gasteiger partial charge on any atom is -0.465 e. The molecule has 0 N–H and O–H groups in total. The Kier molecular flexibility index (Phi) is 5.29. The predicted octanol–water partition coefficient (Wildman–Crippen LogP) is 3.44. The first kappa shape index (κ1) is 18.4. The predicted molar refractivity (Wildman–Crippen MR) is 92.4 cm³/mol. The number of pyridine rings is 1. The summed E-state index contributed by atoms with van der Waals surface area (Å²) in [5.41, 5.74) is 1.62. The van der Waals surface area contributed by atoms with Crippen molar-refractivity contribution < 1.29 is 22.7 Å². The van der Waals surface area contributed by atoms with Crippen molar-refractivity contribution in [1.29, 1.82) is 0 Å². The van der Waals surface area contributed by atoms with Crippen molar-refractivity contribution in [1.82, 2.24) is 4.98 Å². The Morgan fingerprint density at radius 3 is 2.21 bits per heavy atom. The van der Waals surface area contributed by atoms with Crippen molar-refractivity contribution in [3.05, 3.63) is 45.6 Å². The number of sulfone groups is 1. The topological polar surface area (TPSA) is 82.6 Å². The number of carbonyl (C=O) groups excluding carboxylic acids is 1. The lowest BCUT2D eigenvalue weighted by molar-refractivity contribution is 0.0600. The van der Waals surface area contributed by atoms with E-state index in [-0.39, 0.29) is 16.3 Å². The molecule has 0 saturated heterocycles. The molecule has 128 valence electrons. The van der Waals surface area contributed by atoms with Crippen LogP contribution in [0.1, 0.15) is 21.5 Å². The Labute approximate surface area is 148 Å². The molecule has 0 unspecified atom stereocenters. The number of aryl methyl sites for hydroxylation is 2. The Balaban J connectivity index is 2.40. The van der Waals surface area contributed by atoms with E-state index in [1.54, 1.807) is 32.0 Å². The zero-order chi connectivity index (χ0) is 18.1. The minimum absolute atomic E-state index is 0.234. The number of benzene rings is 1. The van der Waals surface area contributed by atoms with E-state index in [1.807, 2.05) is 0 Å². The summed E-state index contributed by atoms with van der Waals surface area (Å²) in [4.78, 5) is 15.8. The molecule has 6 nitrogen and oxygen atoms in total. The minimum atomic E-state index is -3.30. The molecular weight excluding hydrogens is 398 g/mol. The molecule has 0 fully saturated rings. The van der Waals surface area contributed by atoms with Crippen molar-refractivity contribution in [2.24, 2.45) is 0 Å². The van der Waals surface area contributed by atoms with Crippen LogP contribution in [0.2, 0.25) is 0 Å². The van der Waals surface area contributed by atoms with Gasteiger partial charge >= 0.3 is 5.97 Å². The maximum Gasteiger partial charge on any atom is 0.339 e. The lowest BCUT2D eigenvalue weighted by Gasteiger charge is -2.14. The van der Waals surface area contributed by atoms with Crippen molar-refractivity contribution in [3.63, 3.8) is 0 Å². The van der Waals surface area contributed by atoms with E-state index in [4.69, 9.17) is 4.74 Å². The van der Waals surface area contributed by atoms with Gasteiger partial charge in [0.2, 0.25) is 5.88 Å². The fourth-order valence-electron chi connectivity index (χ4n) is 2.11. The summed E-state index contributed by atoms with van der Waals surface area (Å²) < 4.78 is 34.3. The molecule has 24 heavy (non-hydrogen) atoms. The first-order valence-corrected chi connectivity index (χ1v) is 9.55. The van der Waals surface area contributed by atoms with Gasteiger partial charge < -0.3 is 9.47 Å². The van der Waals surface area contributed by atoms with Crippen LogP contribution in [0.15, 0.2) is 33.8 Å². The molecule has 1 aromatic heterocycles. The van der Waals surface area contributed by atoms with Crippen LogP contribution in [-0.4, -0.2) is 32.7 Å². The van der Waals surface area contributed by atoms with Gasteiger partial charge in [-0.25, -0.2) is 18.2 Å².